The summed E-state index contributed by atoms with van der Waals surface area (Å²) in [4.78, 5) is 18.7. The molecule has 3 aromatic rings. The zero-order valence-electron chi connectivity index (χ0n) is 22.5. The Hall–Kier alpha value is -3.27. The monoisotopic (exact) mass is 555 g/mol. The lowest BCUT2D eigenvalue weighted by Crippen LogP contribution is -2.42. The van der Waals surface area contributed by atoms with E-state index in [0.717, 1.165) is 61.8 Å². The highest BCUT2D eigenvalue weighted by Gasteiger charge is 2.41. The lowest BCUT2D eigenvalue weighted by Gasteiger charge is -2.36. The number of rotatable bonds is 7. The average Bonchev–Trinajstić information content (AvgIpc) is 3.40. The van der Waals surface area contributed by atoms with Gasteiger partial charge in [-0.3, -0.25) is 4.79 Å². The summed E-state index contributed by atoms with van der Waals surface area (Å²) in [6, 6.07) is 20.2. The van der Waals surface area contributed by atoms with Gasteiger partial charge in [0.05, 0.1) is 23.1 Å². The number of aromatic nitrogens is 1. The van der Waals surface area contributed by atoms with Crippen LogP contribution in [0.1, 0.15) is 60.3 Å². The lowest BCUT2D eigenvalue weighted by atomic mass is 9.68. The average molecular weight is 556 g/mol. The van der Waals surface area contributed by atoms with Gasteiger partial charge in [-0.1, -0.05) is 49.6 Å². The van der Waals surface area contributed by atoms with Gasteiger partial charge in [-0.25, -0.2) is 13.4 Å². The Morgan fingerprint density at radius 3 is 2.31 bits per heavy atom. The molecule has 1 saturated heterocycles. The third-order valence-corrected chi connectivity index (χ3v) is 10.1. The molecular formula is C30H41N3O5S. The van der Waals surface area contributed by atoms with Gasteiger partial charge in [0, 0.05) is 21.0 Å². The Balaban J connectivity index is 0.00000196. The Labute approximate surface area is 233 Å². The number of anilines is 1. The zero-order valence-corrected chi connectivity index (χ0v) is 23.3. The van der Waals surface area contributed by atoms with Crippen LogP contribution in [0.4, 0.5) is 5.82 Å². The molecule has 1 atom stereocenters. The highest BCUT2D eigenvalue weighted by Crippen LogP contribution is 2.41. The molecule has 1 amide bonds. The van der Waals surface area contributed by atoms with Crippen molar-refractivity contribution in [3.63, 3.8) is 0 Å². The molecule has 2 heterocycles. The third-order valence-electron chi connectivity index (χ3n) is 8.02. The Morgan fingerprint density at radius 1 is 1.00 bits per heavy atom. The van der Waals surface area contributed by atoms with E-state index in [1.807, 2.05) is 43.3 Å². The second kappa shape index (κ2) is 11.9. The molecule has 0 spiro atoms. The molecule has 2 aromatic carbocycles. The van der Waals surface area contributed by atoms with Crippen molar-refractivity contribution in [2.45, 2.75) is 68.2 Å². The third kappa shape index (κ3) is 5.71. The Morgan fingerprint density at radius 2 is 1.69 bits per heavy atom. The SMILES string of the molecule is COc1ccc(C2(C(=O)Nc3cccc(-c4ccc(S(=O)(=O)N5CCC[C@@H]5C)cc4)n3)CCCCC2)cc1.O.[HH].[HH]. The molecule has 1 aliphatic heterocycles. The molecule has 0 radical (unpaired) electrons. The summed E-state index contributed by atoms with van der Waals surface area (Å²) in [6.07, 6.45) is 6.48. The number of carbonyl (C=O) groups is 1. The van der Waals surface area contributed by atoms with Crippen LogP contribution >= 0.6 is 0 Å². The molecular weight excluding hydrogens is 514 g/mol. The largest absolute Gasteiger partial charge is 0.497 e. The predicted octanol–water partition coefficient (Wildman–Crippen LogP) is 5.44. The first-order chi connectivity index (χ1) is 18.3. The fourth-order valence-electron chi connectivity index (χ4n) is 5.81. The Kier molecular flexibility index (Phi) is 8.73. The fraction of sp³-hybridized carbons (Fsp3) is 0.400. The normalized spacial score (nSPS) is 19.2. The Bertz CT molecular complexity index is 1400. The molecule has 2 aliphatic rings. The molecule has 3 N–H and O–H groups in total. The second-order valence-electron chi connectivity index (χ2n) is 10.4. The molecule has 2 fully saturated rings. The van der Waals surface area contributed by atoms with Gasteiger partial charge >= 0.3 is 0 Å². The summed E-state index contributed by atoms with van der Waals surface area (Å²) in [5.41, 5.74) is 1.85. The maximum atomic E-state index is 13.7. The van der Waals surface area contributed by atoms with Crippen LogP contribution in [0, 0.1) is 0 Å². The van der Waals surface area contributed by atoms with E-state index in [4.69, 9.17) is 9.72 Å². The molecule has 9 heteroatoms. The molecule has 8 nitrogen and oxygen atoms in total. The molecule has 0 unspecified atom stereocenters. The zero-order chi connectivity index (χ0) is 26.8. The first-order valence-electron chi connectivity index (χ1n) is 13.4. The van der Waals surface area contributed by atoms with Gasteiger partial charge in [-0.15, -0.1) is 0 Å². The van der Waals surface area contributed by atoms with Gasteiger partial charge in [0.15, 0.2) is 0 Å². The number of pyridine rings is 1. The second-order valence-corrected chi connectivity index (χ2v) is 12.3. The standard InChI is InChI=1S/C30H35N3O4S.H2O.2H2/c1-22-8-7-21-33(22)38(35,36)26-17-11-23(12-18-26)27-9-6-10-28(31-27)32-29(34)30(19-4-3-5-20-30)24-13-15-25(37-2)16-14-24;;;/h6,9-18,22H,3-5,7-8,19-21H2,1-2H3,(H,31,32,34);1H2;2*1H/t22-;;;/m0.../s1. The molecule has 1 aromatic heterocycles. The van der Waals surface area contributed by atoms with Crippen LogP contribution in [-0.4, -0.2) is 48.8 Å². The molecule has 1 saturated carbocycles. The van der Waals surface area contributed by atoms with Crippen molar-refractivity contribution in [3.05, 3.63) is 72.3 Å². The number of nitrogens with zero attached hydrogens (tertiary/aromatic N) is 2. The van der Waals surface area contributed by atoms with Crippen molar-refractivity contribution < 1.29 is 26.3 Å². The van der Waals surface area contributed by atoms with Crippen molar-refractivity contribution >= 4 is 21.7 Å². The number of methoxy groups -OCH3 is 1. The molecule has 39 heavy (non-hydrogen) atoms. The van der Waals surface area contributed by atoms with E-state index in [2.05, 4.69) is 5.32 Å². The van der Waals surface area contributed by atoms with Crippen LogP contribution in [0.25, 0.3) is 11.3 Å². The molecule has 5 rings (SSSR count). The van der Waals surface area contributed by atoms with E-state index in [0.29, 0.717) is 18.1 Å². The molecule has 1 aliphatic carbocycles. The van der Waals surface area contributed by atoms with Crippen LogP contribution in [0.2, 0.25) is 0 Å². The quantitative estimate of drug-likeness (QED) is 0.416. The van der Waals surface area contributed by atoms with Gasteiger partial charge < -0.3 is 15.5 Å². The summed E-state index contributed by atoms with van der Waals surface area (Å²) in [5, 5.41) is 3.08. The molecule has 0 bridgehead atoms. The predicted molar refractivity (Wildman–Crippen MR) is 156 cm³/mol. The fourth-order valence-corrected chi connectivity index (χ4v) is 7.51. The smallest absolute Gasteiger partial charge is 0.243 e. The first kappa shape index (κ1) is 28.7. The summed E-state index contributed by atoms with van der Waals surface area (Å²) in [6.45, 7) is 2.52. The number of hydrogen-bond donors (Lipinski definition) is 1. The minimum Gasteiger partial charge on any atom is -0.497 e. The number of hydrogen-bond acceptors (Lipinski definition) is 5. The van der Waals surface area contributed by atoms with Crippen LogP contribution in [0.3, 0.4) is 0 Å². The van der Waals surface area contributed by atoms with Crippen LogP contribution < -0.4 is 10.1 Å². The summed E-state index contributed by atoms with van der Waals surface area (Å²) in [7, 11) is -1.88. The van der Waals surface area contributed by atoms with Crippen LogP contribution in [-0.2, 0) is 20.2 Å². The summed E-state index contributed by atoms with van der Waals surface area (Å²) in [5.74, 6) is 1.20. The van der Waals surface area contributed by atoms with Crippen molar-refractivity contribution in [2.75, 3.05) is 19.0 Å². The summed E-state index contributed by atoms with van der Waals surface area (Å²) < 4.78 is 33.0. The van der Waals surface area contributed by atoms with Gasteiger partial charge in [-0.05, 0) is 74.6 Å². The first-order valence-corrected chi connectivity index (χ1v) is 14.8. The molecule has 212 valence electrons. The van der Waals surface area contributed by atoms with E-state index < -0.39 is 15.4 Å². The highest BCUT2D eigenvalue weighted by atomic mass is 32.2. The lowest BCUT2D eigenvalue weighted by molar-refractivity contribution is -0.122. The van der Waals surface area contributed by atoms with E-state index in [1.54, 1.807) is 41.7 Å². The number of nitrogens with one attached hydrogen (secondary N) is 1. The van der Waals surface area contributed by atoms with Crippen molar-refractivity contribution in [2.24, 2.45) is 0 Å². The van der Waals surface area contributed by atoms with E-state index in [1.165, 1.54) is 0 Å². The van der Waals surface area contributed by atoms with Crippen LogP contribution in [0.15, 0.2) is 71.6 Å². The van der Waals surface area contributed by atoms with E-state index in [9.17, 15) is 13.2 Å². The highest BCUT2D eigenvalue weighted by molar-refractivity contribution is 7.89. The maximum absolute atomic E-state index is 13.7. The van der Waals surface area contributed by atoms with E-state index >= 15 is 0 Å². The van der Waals surface area contributed by atoms with Crippen molar-refractivity contribution in [3.8, 4) is 17.0 Å². The van der Waals surface area contributed by atoms with Gasteiger partial charge in [0.25, 0.3) is 0 Å². The number of carbonyl (C=O) groups excluding carboxylic acids is 1. The summed E-state index contributed by atoms with van der Waals surface area (Å²) >= 11 is 0. The van der Waals surface area contributed by atoms with E-state index in [-0.39, 0.29) is 25.2 Å². The minimum absolute atomic E-state index is 0. The maximum Gasteiger partial charge on any atom is 0.243 e. The number of benzene rings is 2. The van der Waals surface area contributed by atoms with Gasteiger partial charge in [0.1, 0.15) is 11.6 Å². The van der Waals surface area contributed by atoms with Gasteiger partial charge in [0.2, 0.25) is 15.9 Å². The number of sulfonamides is 1. The van der Waals surface area contributed by atoms with Crippen molar-refractivity contribution in [1.29, 1.82) is 0 Å². The van der Waals surface area contributed by atoms with Crippen molar-refractivity contribution in [1.82, 2.24) is 9.29 Å². The number of amides is 1. The minimum atomic E-state index is -3.51. The topological polar surface area (TPSA) is 120 Å². The number of ether oxygens (including phenoxy) is 1. The van der Waals surface area contributed by atoms with Crippen LogP contribution in [0.5, 0.6) is 5.75 Å². The van der Waals surface area contributed by atoms with Gasteiger partial charge in [-0.2, -0.15) is 4.31 Å².